The van der Waals surface area contributed by atoms with E-state index in [1.54, 1.807) is 16.4 Å². The fourth-order valence-corrected chi connectivity index (χ4v) is 3.98. The van der Waals surface area contributed by atoms with Crippen molar-refractivity contribution < 1.29 is 8.42 Å². The van der Waals surface area contributed by atoms with Crippen molar-refractivity contribution in [2.75, 3.05) is 19.6 Å². The van der Waals surface area contributed by atoms with E-state index in [-0.39, 0.29) is 6.04 Å². The second-order valence-electron chi connectivity index (χ2n) is 5.46. The molecule has 0 atom stereocenters. The van der Waals surface area contributed by atoms with Gasteiger partial charge in [0.1, 0.15) is 0 Å². The van der Waals surface area contributed by atoms with Gasteiger partial charge >= 0.3 is 0 Å². The predicted octanol–water partition coefficient (Wildman–Crippen LogP) is 2.65. The zero-order valence-electron chi connectivity index (χ0n) is 13.6. The average Bonchev–Trinajstić information content (AvgIpc) is 2.45. The Kier molecular flexibility index (Phi) is 7.35. The van der Waals surface area contributed by atoms with Crippen LogP contribution in [-0.2, 0) is 16.4 Å². The summed E-state index contributed by atoms with van der Waals surface area (Å²) in [6, 6.07) is 7.25. The highest BCUT2D eigenvalue weighted by Crippen LogP contribution is 2.19. The highest BCUT2D eigenvalue weighted by atomic mass is 32.2. The lowest BCUT2D eigenvalue weighted by Crippen LogP contribution is -2.37. The molecule has 0 unspecified atom stereocenters. The zero-order chi connectivity index (χ0) is 15.9. The molecule has 0 aliphatic carbocycles. The summed E-state index contributed by atoms with van der Waals surface area (Å²) in [5.41, 5.74) is 1.15. The van der Waals surface area contributed by atoms with Crippen molar-refractivity contribution in [3.8, 4) is 0 Å². The van der Waals surface area contributed by atoms with E-state index in [1.165, 1.54) is 0 Å². The van der Waals surface area contributed by atoms with Crippen LogP contribution >= 0.6 is 0 Å². The Balaban J connectivity index is 2.88. The van der Waals surface area contributed by atoms with Gasteiger partial charge in [0, 0.05) is 12.6 Å². The van der Waals surface area contributed by atoms with Crippen molar-refractivity contribution >= 4 is 10.0 Å². The number of hydrogen-bond donors (Lipinski definition) is 1. The Morgan fingerprint density at radius 2 is 1.76 bits per heavy atom. The van der Waals surface area contributed by atoms with Crippen molar-refractivity contribution in [3.63, 3.8) is 0 Å². The van der Waals surface area contributed by atoms with Crippen molar-refractivity contribution in [3.05, 3.63) is 29.8 Å². The second kappa shape index (κ2) is 8.51. The maximum absolute atomic E-state index is 12.6. The number of rotatable bonds is 9. The molecule has 1 aromatic rings. The minimum atomic E-state index is -3.39. The first-order valence-electron chi connectivity index (χ1n) is 7.75. The van der Waals surface area contributed by atoms with Crippen LogP contribution in [0.4, 0.5) is 0 Å². The molecule has 0 saturated carbocycles. The summed E-state index contributed by atoms with van der Waals surface area (Å²) >= 11 is 0. The third kappa shape index (κ3) is 5.09. The number of sulfonamides is 1. The molecule has 0 bridgehead atoms. The molecule has 21 heavy (non-hydrogen) atoms. The lowest BCUT2D eigenvalue weighted by Gasteiger charge is -2.25. The van der Waals surface area contributed by atoms with Gasteiger partial charge in [-0.1, -0.05) is 26.0 Å². The topological polar surface area (TPSA) is 49.4 Å². The van der Waals surface area contributed by atoms with Crippen LogP contribution in [0.5, 0.6) is 0 Å². The van der Waals surface area contributed by atoms with Crippen molar-refractivity contribution in [1.82, 2.24) is 9.62 Å². The minimum Gasteiger partial charge on any atom is -0.317 e. The molecule has 1 aromatic carbocycles. The van der Waals surface area contributed by atoms with Gasteiger partial charge in [-0.05, 0) is 57.5 Å². The normalized spacial score (nSPS) is 12.3. The molecule has 0 radical (unpaired) electrons. The molecule has 0 saturated heterocycles. The molecule has 0 fully saturated rings. The van der Waals surface area contributed by atoms with E-state index in [0.717, 1.165) is 31.5 Å². The Labute approximate surface area is 129 Å². The van der Waals surface area contributed by atoms with Crippen LogP contribution in [-0.4, -0.2) is 38.4 Å². The van der Waals surface area contributed by atoms with E-state index < -0.39 is 10.0 Å². The molecule has 0 aromatic heterocycles. The van der Waals surface area contributed by atoms with Crippen LogP contribution in [0.2, 0.25) is 0 Å². The van der Waals surface area contributed by atoms with Crippen molar-refractivity contribution in [1.29, 1.82) is 0 Å². The molecule has 0 heterocycles. The molecule has 4 nitrogen and oxygen atoms in total. The minimum absolute atomic E-state index is 0.0246. The van der Waals surface area contributed by atoms with Gasteiger partial charge in [0.2, 0.25) is 10.0 Å². The molecule has 0 spiro atoms. The third-order valence-corrected chi connectivity index (χ3v) is 5.48. The molecular formula is C16H28N2O2S. The van der Waals surface area contributed by atoms with Gasteiger partial charge in [0.25, 0.3) is 0 Å². The predicted molar refractivity (Wildman–Crippen MR) is 88.0 cm³/mol. The first kappa shape index (κ1) is 18.1. The van der Waals surface area contributed by atoms with Crippen LogP contribution < -0.4 is 5.32 Å². The van der Waals surface area contributed by atoms with Crippen molar-refractivity contribution in [2.45, 2.75) is 51.5 Å². The van der Waals surface area contributed by atoms with Gasteiger partial charge in [-0.3, -0.25) is 0 Å². The van der Waals surface area contributed by atoms with Crippen LogP contribution in [0.15, 0.2) is 29.2 Å². The summed E-state index contributed by atoms with van der Waals surface area (Å²) in [6.45, 7) is 10.3. The summed E-state index contributed by atoms with van der Waals surface area (Å²) in [7, 11) is -3.39. The lowest BCUT2D eigenvalue weighted by molar-refractivity contribution is 0.354. The number of hydrogen-bond acceptors (Lipinski definition) is 3. The molecule has 1 N–H and O–H groups in total. The fraction of sp³-hybridized carbons (Fsp3) is 0.625. The van der Waals surface area contributed by atoms with E-state index in [9.17, 15) is 8.42 Å². The molecular weight excluding hydrogens is 284 g/mol. The van der Waals surface area contributed by atoms with Gasteiger partial charge in [0.05, 0.1) is 4.90 Å². The standard InChI is InChI=1S/C16H28N2O2S/c1-5-13-18(14(3)4)21(19,20)16-9-7-15(8-10-16)11-12-17-6-2/h7-10,14,17H,5-6,11-13H2,1-4H3. The van der Waals surface area contributed by atoms with Crippen LogP contribution in [0.3, 0.4) is 0 Å². The maximum Gasteiger partial charge on any atom is 0.243 e. The Morgan fingerprint density at radius 3 is 2.24 bits per heavy atom. The van der Waals surface area contributed by atoms with E-state index in [1.807, 2.05) is 32.9 Å². The quantitative estimate of drug-likeness (QED) is 0.713. The monoisotopic (exact) mass is 312 g/mol. The van der Waals surface area contributed by atoms with Crippen molar-refractivity contribution in [2.24, 2.45) is 0 Å². The Hall–Kier alpha value is -0.910. The number of benzene rings is 1. The maximum atomic E-state index is 12.6. The summed E-state index contributed by atoms with van der Waals surface area (Å²) < 4.78 is 26.9. The van der Waals surface area contributed by atoms with Gasteiger partial charge in [-0.2, -0.15) is 4.31 Å². The average molecular weight is 312 g/mol. The molecule has 0 aliphatic heterocycles. The molecule has 120 valence electrons. The first-order valence-corrected chi connectivity index (χ1v) is 9.19. The molecule has 0 amide bonds. The first-order chi connectivity index (χ1) is 9.93. The Morgan fingerprint density at radius 1 is 1.14 bits per heavy atom. The molecule has 1 rings (SSSR count). The number of nitrogens with zero attached hydrogens (tertiary/aromatic N) is 1. The van der Waals surface area contributed by atoms with E-state index in [4.69, 9.17) is 0 Å². The van der Waals surface area contributed by atoms with Crippen LogP contribution in [0, 0.1) is 0 Å². The van der Waals surface area contributed by atoms with Gasteiger partial charge in [-0.15, -0.1) is 0 Å². The number of likely N-dealkylation sites (N-methyl/N-ethyl adjacent to an activating group) is 1. The largest absolute Gasteiger partial charge is 0.317 e. The smallest absolute Gasteiger partial charge is 0.243 e. The highest BCUT2D eigenvalue weighted by Gasteiger charge is 2.25. The zero-order valence-corrected chi connectivity index (χ0v) is 14.4. The van der Waals surface area contributed by atoms with Gasteiger partial charge in [0.15, 0.2) is 0 Å². The number of nitrogens with one attached hydrogen (secondary N) is 1. The summed E-state index contributed by atoms with van der Waals surface area (Å²) in [5.74, 6) is 0. The SMILES string of the molecule is CCCN(C(C)C)S(=O)(=O)c1ccc(CCNCC)cc1. The van der Waals surface area contributed by atoms with E-state index in [0.29, 0.717) is 11.4 Å². The molecule has 5 heteroatoms. The van der Waals surface area contributed by atoms with Crippen LogP contribution in [0.25, 0.3) is 0 Å². The summed E-state index contributed by atoms with van der Waals surface area (Å²) in [4.78, 5) is 0.386. The second-order valence-corrected chi connectivity index (χ2v) is 7.35. The summed E-state index contributed by atoms with van der Waals surface area (Å²) in [6.07, 6.45) is 1.73. The van der Waals surface area contributed by atoms with E-state index >= 15 is 0 Å². The van der Waals surface area contributed by atoms with E-state index in [2.05, 4.69) is 12.2 Å². The summed E-state index contributed by atoms with van der Waals surface area (Å²) in [5, 5.41) is 3.27. The molecule has 0 aliphatic rings. The fourth-order valence-electron chi connectivity index (χ4n) is 2.25. The van der Waals surface area contributed by atoms with Gasteiger partial charge < -0.3 is 5.32 Å². The lowest BCUT2D eigenvalue weighted by atomic mass is 10.1. The van der Waals surface area contributed by atoms with Crippen LogP contribution in [0.1, 0.15) is 39.7 Å². The highest BCUT2D eigenvalue weighted by molar-refractivity contribution is 7.89. The van der Waals surface area contributed by atoms with Gasteiger partial charge in [-0.25, -0.2) is 8.42 Å². The Bertz CT molecular complexity index is 510. The third-order valence-electron chi connectivity index (χ3n) is 3.39.